The summed E-state index contributed by atoms with van der Waals surface area (Å²) in [7, 11) is -2.37. The highest BCUT2D eigenvalue weighted by Gasteiger charge is 2.34. The summed E-state index contributed by atoms with van der Waals surface area (Å²) in [5.41, 5.74) is 0. The predicted molar refractivity (Wildman–Crippen MR) is 102 cm³/mol. The summed E-state index contributed by atoms with van der Waals surface area (Å²) in [5, 5.41) is 0. The van der Waals surface area contributed by atoms with E-state index in [0.717, 1.165) is 0 Å². The summed E-state index contributed by atoms with van der Waals surface area (Å²) in [6.45, 7) is 0. The standard InChI is InChI=1S/C12H20N2O4S5/c1-13(9-3-5-22(15,16)7-9)11(19)21-12(20)14(2)10-4-6-23(17,18)8-10/h9-10H,3-8H2,1-2H3/t9-,10-/m1/s1. The molecule has 0 saturated carbocycles. The van der Waals surface area contributed by atoms with E-state index in [1.54, 1.807) is 23.9 Å². The second kappa shape index (κ2) is 7.11. The van der Waals surface area contributed by atoms with Gasteiger partial charge in [0, 0.05) is 26.2 Å². The van der Waals surface area contributed by atoms with E-state index in [0.29, 0.717) is 21.5 Å². The summed E-state index contributed by atoms with van der Waals surface area (Å²) in [6, 6.07) is -0.222. The van der Waals surface area contributed by atoms with Crippen molar-refractivity contribution in [2.45, 2.75) is 24.9 Å². The quantitative estimate of drug-likeness (QED) is 0.599. The minimum Gasteiger partial charge on any atom is -0.356 e. The van der Waals surface area contributed by atoms with Gasteiger partial charge < -0.3 is 9.80 Å². The number of hydrogen-bond acceptors (Lipinski definition) is 7. The van der Waals surface area contributed by atoms with Gasteiger partial charge in [0.2, 0.25) is 0 Å². The fraction of sp³-hybridized carbons (Fsp3) is 0.833. The van der Waals surface area contributed by atoms with Gasteiger partial charge in [-0.3, -0.25) is 0 Å². The fourth-order valence-corrected chi connectivity index (χ4v) is 7.89. The average molecular weight is 417 g/mol. The summed E-state index contributed by atoms with van der Waals surface area (Å²) in [6.07, 6.45) is 1.14. The molecule has 0 aromatic heterocycles. The molecular formula is C12H20N2O4S5. The van der Waals surface area contributed by atoms with Crippen LogP contribution in [0.5, 0.6) is 0 Å². The molecule has 2 fully saturated rings. The molecule has 0 aromatic carbocycles. The maximum absolute atomic E-state index is 11.6. The zero-order valence-electron chi connectivity index (χ0n) is 13.0. The lowest BCUT2D eigenvalue weighted by molar-refractivity contribution is 0.406. The third-order valence-electron chi connectivity index (χ3n) is 4.26. The Balaban J connectivity index is 1.91. The van der Waals surface area contributed by atoms with Gasteiger partial charge in [0.25, 0.3) is 0 Å². The molecule has 6 nitrogen and oxygen atoms in total. The molecule has 2 aliphatic heterocycles. The van der Waals surface area contributed by atoms with Crippen LogP contribution in [0.25, 0.3) is 0 Å². The maximum Gasteiger partial charge on any atom is 0.152 e. The van der Waals surface area contributed by atoms with Crippen molar-refractivity contribution in [2.75, 3.05) is 37.1 Å². The lowest BCUT2D eigenvalue weighted by Crippen LogP contribution is -2.39. The highest BCUT2D eigenvalue weighted by molar-refractivity contribution is 8.37. The van der Waals surface area contributed by atoms with E-state index < -0.39 is 19.7 Å². The summed E-state index contributed by atoms with van der Waals surface area (Å²) < 4.78 is 47.3. The van der Waals surface area contributed by atoms with Crippen molar-refractivity contribution < 1.29 is 16.8 Å². The van der Waals surface area contributed by atoms with E-state index in [-0.39, 0.29) is 35.1 Å². The van der Waals surface area contributed by atoms with Crippen LogP contribution in [0.3, 0.4) is 0 Å². The normalized spacial score (nSPS) is 28.4. The molecule has 0 aliphatic carbocycles. The van der Waals surface area contributed by atoms with Crippen LogP contribution in [0.2, 0.25) is 0 Å². The molecule has 2 aliphatic rings. The zero-order valence-corrected chi connectivity index (χ0v) is 17.0. The molecule has 2 heterocycles. The van der Waals surface area contributed by atoms with Crippen LogP contribution in [0.4, 0.5) is 0 Å². The molecule has 2 rings (SSSR count). The first kappa shape index (κ1) is 19.4. The number of thioether (sulfide) groups is 1. The van der Waals surface area contributed by atoms with Gasteiger partial charge in [-0.05, 0) is 24.6 Å². The van der Waals surface area contributed by atoms with Crippen LogP contribution in [0.15, 0.2) is 0 Å². The molecule has 23 heavy (non-hydrogen) atoms. The van der Waals surface area contributed by atoms with Crippen LogP contribution in [0.1, 0.15) is 12.8 Å². The minimum atomic E-state index is -2.97. The molecule has 0 amide bonds. The van der Waals surface area contributed by atoms with Crippen molar-refractivity contribution >= 4 is 64.5 Å². The monoisotopic (exact) mass is 416 g/mol. The molecule has 0 unspecified atom stereocenters. The van der Waals surface area contributed by atoms with Gasteiger partial charge in [0.05, 0.1) is 23.0 Å². The highest BCUT2D eigenvalue weighted by atomic mass is 32.2. The number of sulfone groups is 2. The zero-order chi connectivity index (χ0) is 17.4. The number of thiocarbonyl (C=S) groups is 2. The molecule has 0 spiro atoms. The molecule has 2 atom stereocenters. The molecule has 0 bridgehead atoms. The Bertz CT molecular complexity index is 643. The first-order valence-electron chi connectivity index (χ1n) is 7.13. The van der Waals surface area contributed by atoms with Crippen molar-refractivity contribution in [2.24, 2.45) is 0 Å². The minimum absolute atomic E-state index is 0.111. The van der Waals surface area contributed by atoms with Gasteiger partial charge in [0.1, 0.15) is 8.64 Å². The lowest BCUT2D eigenvalue weighted by atomic mass is 10.2. The Kier molecular flexibility index (Phi) is 5.98. The summed E-state index contributed by atoms with van der Waals surface area (Å²) in [4.78, 5) is 3.58. The molecule has 11 heteroatoms. The Morgan fingerprint density at radius 2 is 1.22 bits per heavy atom. The van der Waals surface area contributed by atoms with E-state index in [1.807, 2.05) is 0 Å². The second-order valence-corrected chi connectivity index (χ2v) is 12.7. The van der Waals surface area contributed by atoms with Crippen molar-refractivity contribution in [3.63, 3.8) is 0 Å². The highest BCUT2D eigenvalue weighted by Crippen LogP contribution is 2.24. The maximum atomic E-state index is 11.6. The van der Waals surface area contributed by atoms with Gasteiger partial charge in [-0.2, -0.15) is 0 Å². The molecule has 2 saturated heterocycles. The van der Waals surface area contributed by atoms with Crippen molar-refractivity contribution in [3.8, 4) is 0 Å². The van der Waals surface area contributed by atoms with Crippen molar-refractivity contribution in [1.29, 1.82) is 0 Å². The van der Waals surface area contributed by atoms with Gasteiger partial charge in [-0.15, -0.1) is 0 Å². The van der Waals surface area contributed by atoms with Crippen LogP contribution in [-0.2, 0) is 19.7 Å². The Labute approximate surface area is 152 Å². The first-order chi connectivity index (χ1) is 10.5. The van der Waals surface area contributed by atoms with Crippen molar-refractivity contribution in [3.05, 3.63) is 0 Å². The number of hydrogen-bond donors (Lipinski definition) is 0. The Morgan fingerprint density at radius 1 is 0.870 bits per heavy atom. The van der Waals surface area contributed by atoms with E-state index in [9.17, 15) is 16.8 Å². The van der Waals surface area contributed by atoms with Crippen LogP contribution < -0.4 is 0 Å². The molecular weight excluding hydrogens is 396 g/mol. The van der Waals surface area contributed by atoms with Crippen LogP contribution in [-0.4, -0.2) is 84.5 Å². The predicted octanol–water partition coefficient (Wildman–Crippen LogP) is 0.527. The van der Waals surface area contributed by atoms with Gasteiger partial charge in [-0.25, -0.2) is 16.8 Å². The fourth-order valence-electron chi connectivity index (χ4n) is 2.68. The van der Waals surface area contributed by atoms with Crippen LogP contribution in [0, 0.1) is 0 Å². The molecule has 0 N–H and O–H groups in total. The van der Waals surface area contributed by atoms with Gasteiger partial charge in [-0.1, -0.05) is 24.4 Å². The van der Waals surface area contributed by atoms with Gasteiger partial charge in [0.15, 0.2) is 19.7 Å². The van der Waals surface area contributed by atoms with Gasteiger partial charge >= 0.3 is 0 Å². The lowest BCUT2D eigenvalue weighted by Gasteiger charge is -2.29. The van der Waals surface area contributed by atoms with E-state index >= 15 is 0 Å². The summed E-state index contributed by atoms with van der Waals surface area (Å²) >= 11 is 11.9. The molecule has 132 valence electrons. The van der Waals surface area contributed by atoms with E-state index in [1.165, 1.54) is 11.8 Å². The second-order valence-electron chi connectivity index (χ2n) is 5.97. The Morgan fingerprint density at radius 3 is 1.48 bits per heavy atom. The Hall–Kier alpha value is 0.0300. The first-order valence-corrected chi connectivity index (χ1v) is 12.4. The van der Waals surface area contributed by atoms with Crippen molar-refractivity contribution in [1.82, 2.24) is 9.80 Å². The average Bonchev–Trinajstić information content (AvgIpc) is 2.99. The topological polar surface area (TPSA) is 74.8 Å². The third-order valence-corrected chi connectivity index (χ3v) is 9.76. The third kappa shape index (κ3) is 5.00. The van der Waals surface area contributed by atoms with E-state index in [4.69, 9.17) is 24.4 Å². The smallest absolute Gasteiger partial charge is 0.152 e. The summed E-state index contributed by atoms with van der Waals surface area (Å²) in [5.74, 6) is 0.625. The number of rotatable bonds is 2. The number of nitrogens with zero attached hydrogens (tertiary/aromatic N) is 2. The van der Waals surface area contributed by atoms with Crippen LogP contribution >= 0.6 is 36.2 Å². The SMILES string of the molecule is CN(C(=S)SC(=S)N(C)[C@@H]1CCS(=O)(=O)C1)[C@@H]1CCS(=O)(=O)C1. The largest absolute Gasteiger partial charge is 0.356 e. The molecule has 0 radical (unpaired) electrons. The molecule has 0 aromatic rings. The van der Waals surface area contributed by atoms with E-state index in [2.05, 4.69) is 0 Å².